The maximum absolute atomic E-state index is 5.99. The van der Waals surface area contributed by atoms with Crippen molar-refractivity contribution in [2.45, 2.75) is 52.5 Å². The predicted molar refractivity (Wildman–Crippen MR) is 85.6 cm³/mol. The van der Waals surface area contributed by atoms with E-state index in [9.17, 15) is 0 Å². The first-order chi connectivity index (χ1) is 9.53. The molecule has 1 saturated carbocycles. The van der Waals surface area contributed by atoms with Crippen molar-refractivity contribution in [1.29, 1.82) is 0 Å². The summed E-state index contributed by atoms with van der Waals surface area (Å²) in [6.45, 7) is 6.89. The lowest BCUT2D eigenvalue weighted by Gasteiger charge is -2.30. The zero-order valence-corrected chi connectivity index (χ0v) is 13.4. The largest absolute Gasteiger partial charge is 0.324 e. The molecule has 1 fully saturated rings. The second-order valence-electron chi connectivity index (χ2n) is 6.73. The van der Waals surface area contributed by atoms with Crippen LogP contribution in [0.25, 0.3) is 11.0 Å². The van der Waals surface area contributed by atoms with E-state index in [1.165, 1.54) is 30.3 Å². The zero-order chi connectivity index (χ0) is 14.3. The SMILES string of the molecule is Cc1ccc2c(c1)nc(CCCl)n2C1CCCC1(C)C. The molecule has 1 heterocycles. The lowest BCUT2D eigenvalue weighted by Crippen LogP contribution is -2.23. The van der Waals surface area contributed by atoms with Crippen molar-refractivity contribution < 1.29 is 0 Å². The lowest BCUT2D eigenvalue weighted by molar-refractivity contribution is 0.261. The van der Waals surface area contributed by atoms with Gasteiger partial charge in [0.2, 0.25) is 0 Å². The number of aromatic nitrogens is 2. The Morgan fingerprint density at radius 1 is 1.40 bits per heavy atom. The normalized spacial score (nSPS) is 21.7. The first kappa shape index (κ1) is 13.9. The van der Waals surface area contributed by atoms with Gasteiger partial charge >= 0.3 is 0 Å². The van der Waals surface area contributed by atoms with Gasteiger partial charge in [0.1, 0.15) is 5.82 Å². The summed E-state index contributed by atoms with van der Waals surface area (Å²) in [4.78, 5) is 4.85. The fourth-order valence-corrected chi connectivity index (χ4v) is 3.82. The van der Waals surface area contributed by atoms with Crippen LogP contribution in [0.1, 0.15) is 50.5 Å². The van der Waals surface area contributed by atoms with Gasteiger partial charge in [-0.05, 0) is 42.9 Å². The summed E-state index contributed by atoms with van der Waals surface area (Å²) in [5.41, 5.74) is 4.01. The molecular formula is C17H23ClN2. The van der Waals surface area contributed by atoms with Crippen molar-refractivity contribution in [3.63, 3.8) is 0 Å². The minimum atomic E-state index is 0.347. The second-order valence-corrected chi connectivity index (χ2v) is 7.10. The van der Waals surface area contributed by atoms with Gasteiger partial charge in [-0.1, -0.05) is 26.3 Å². The van der Waals surface area contributed by atoms with Crippen molar-refractivity contribution in [2.75, 3.05) is 5.88 Å². The van der Waals surface area contributed by atoms with Crippen LogP contribution in [0.15, 0.2) is 18.2 Å². The van der Waals surface area contributed by atoms with Crippen LogP contribution in [0.4, 0.5) is 0 Å². The van der Waals surface area contributed by atoms with Gasteiger partial charge in [0.25, 0.3) is 0 Å². The average Bonchev–Trinajstić information content (AvgIpc) is 2.88. The number of hydrogen-bond acceptors (Lipinski definition) is 1. The highest BCUT2D eigenvalue weighted by atomic mass is 35.5. The van der Waals surface area contributed by atoms with Gasteiger partial charge in [-0.25, -0.2) is 4.98 Å². The van der Waals surface area contributed by atoms with Gasteiger partial charge in [-0.3, -0.25) is 0 Å². The van der Waals surface area contributed by atoms with Crippen molar-refractivity contribution in [1.82, 2.24) is 9.55 Å². The third kappa shape index (κ3) is 2.24. The number of nitrogens with zero attached hydrogens (tertiary/aromatic N) is 2. The minimum Gasteiger partial charge on any atom is -0.324 e. The molecular weight excluding hydrogens is 268 g/mol. The van der Waals surface area contributed by atoms with Gasteiger partial charge in [0.05, 0.1) is 11.0 Å². The molecule has 2 aromatic rings. The molecule has 1 unspecified atom stereocenters. The van der Waals surface area contributed by atoms with Crippen LogP contribution in [0, 0.1) is 12.3 Å². The molecule has 3 rings (SSSR count). The average molecular weight is 291 g/mol. The quantitative estimate of drug-likeness (QED) is 0.737. The monoisotopic (exact) mass is 290 g/mol. The van der Waals surface area contributed by atoms with E-state index in [0.29, 0.717) is 17.3 Å². The molecule has 1 aromatic carbocycles. The molecule has 108 valence electrons. The van der Waals surface area contributed by atoms with E-state index in [1.807, 2.05) is 0 Å². The molecule has 1 aliphatic carbocycles. The van der Waals surface area contributed by atoms with E-state index in [1.54, 1.807) is 0 Å². The molecule has 0 amide bonds. The molecule has 1 atom stereocenters. The predicted octanol–water partition coefficient (Wildman–Crippen LogP) is 4.88. The van der Waals surface area contributed by atoms with Crippen molar-refractivity contribution in [3.05, 3.63) is 29.6 Å². The Hall–Kier alpha value is -1.02. The minimum absolute atomic E-state index is 0.347. The van der Waals surface area contributed by atoms with Gasteiger partial charge < -0.3 is 4.57 Å². The van der Waals surface area contributed by atoms with Crippen LogP contribution in [-0.2, 0) is 6.42 Å². The number of aryl methyl sites for hydroxylation is 2. The summed E-state index contributed by atoms with van der Waals surface area (Å²) >= 11 is 5.99. The fourth-order valence-electron chi connectivity index (χ4n) is 3.65. The van der Waals surface area contributed by atoms with E-state index in [4.69, 9.17) is 16.6 Å². The molecule has 0 spiro atoms. The van der Waals surface area contributed by atoms with Crippen LogP contribution >= 0.6 is 11.6 Å². The number of alkyl halides is 1. The molecule has 1 aliphatic rings. The molecule has 20 heavy (non-hydrogen) atoms. The van der Waals surface area contributed by atoms with Crippen LogP contribution in [0.3, 0.4) is 0 Å². The number of fused-ring (bicyclic) bond motifs is 1. The number of rotatable bonds is 3. The maximum atomic E-state index is 5.99. The van der Waals surface area contributed by atoms with Gasteiger partial charge in [0, 0.05) is 18.3 Å². The van der Waals surface area contributed by atoms with Gasteiger partial charge in [0.15, 0.2) is 0 Å². The Labute approximate surface area is 126 Å². The summed E-state index contributed by atoms with van der Waals surface area (Å²) in [6, 6.07) is 7.15. The first-order valence-corrected chi connectivity index (χ1v) is 8.10. The highest BCUT2D eigenvalue weighted by Gasteiger charge is 2.37. The smallest absolute Gasteiger partial charge is 0.111 e. The molecule has 2 nitrogen and oxygen atoms in total. The number of imidazole rings is 1. The Morgan fingerprint density at radius 2 is 2.20 bits per heavy atom. The topological polar surface area (TPSA) is 17.8 Å². The molecule has 0 radical (unpaired) electrons. The molecule has 0 saturated heterocycles. The highest BCUT2D eigenvalue weighted by molar-refractivity contribution is 6.17. The molecule has 1 aromatic heterocycles. The van der Waals surface area contributed by atoms with Crippen molar-refractivity contribution >= 4 is 22.6 Å². The lowest BCUT2D eigenvalue weighted by atomic mass is 9.87. The van der Waals surface area contributed by atoms with Gasteiger partial charge in [-0.2, -0.15) is 0 Å². The second kappa shape index (κ2) is 5.07. The van der Waals surface area contributed by atoms with Crippen LogP contribution in [0.2, 0.25) is 0 Å². The highest BCUT2D eigenvalue weighted by Crippen LogP contribution is 2.47. The summed E-state index contributed by atoms with van der Waals surface area (Å²) in [7, 11) is 0. The van der Waals surface area contributed by atoms with E-state index < -0.39 is 0 Å². The van der Waals surface area contributed by atoms with Crippen LogP contribution in [0.5, 0.6) is 0 Å². The Bertz CT molecular complexity index is 627. The number of halogens is 1. The Balaban J connectivity index is 2.18. The summed E-state index contributed by atoms with van der Waals surface area (Å²) < 4.78 is 2.48. The van der Waals surface area contributed by atoms with Gasteiger partial charge in [-0.15, -0.1) is 11.6 Å². The summed E-state index contributed by atoms with van der Waals surface area (Å²) in [5, 5.41) is 0. The summed E-state index contributed by atoms with van der Waals surface area (Å²) in [6.07, 6.45) is 4.70. The number of benzene rings is 1. The van der Waals surface area contributed by atoms with Crippen molar-refractivity contribution in [3.8, 4) is 0 Å². The van der Waals surface area contributed by atoms with Crippen LogP contribution in [-0.4, -0.2) is 15.4 Å². The Kier molecular flexibility index (Phi) is 3.53. The van der Waals surface area contributed by atoms with Crippen LogP contribution < -0.4 is 0 Å². The fraction of sp³-hybridized carbons (Fsp3) is 0.588. The van der Waals surface area contributed by atoms with E-state index >= 15 is 0 Å². The maximum Gasteiger partial charge on any atom is 0.111 e. The molecule has 0 N–H and O–H groups in total. The zero-order valence-electron chi connectivity index (χ0n) is 12.6. The number of hydrogen-bond donors (Lipinski definition) is 0. The standard InChI is InChI=1S/C17H23ClN2/c1-12-6-7-14-13(11-12)19-16(8-10-18)20(14)15-5-4-9-17(15,2)3/h6-7,11,15H,4-5,8-10H2,1-3H3. The molecule has 0 aliphatic heterocycles. The third-order valence-electron chi connectivity index (χ3n) is 4.75. The first-order valence-electron chi connectivity index (χ1n) is 7.56. The summed E-state index contributed by atoms with van der Waals surface area (Å²) in [5.74, 6) is 1.79. The van der Waals surface area contributed by atoms with E-state index in [-0.39, 0.29) is 0 Å². The third-order valence-corrected chi connectivity index (χ3v) is 4.94. The van der Waals surface area contributed by atoms with E-state index in [0.717, 1.165) is 17.8 Å². The molecule has 0 bridgehead atoms. The molecule has 3 heteroatoms. The van der Waals surface area contributed by atoms with Crippen molar-refractivity contribution in [2.24, 2.45) is 5.41 Å². The van der Waals surface area contributed by atoms with E-state index in [2.05, 4.69) is 43.5 Å². The Morgan fingerprint density at radius 3 is 2.85 bits per heavy atom.